The van der Waals surface area contributed by atoms with Crippen LogP contribution in [0.1, 0.15) is 37.6 Å². The van der Waals surface area contributed by atoms with Crippen LogP contribution >= 0.6 is 0 Å². The third kappa shape index (κ3) is 6.76. The van der Waals surface area contributed by atoms with Crippen LogP contribution in [0.4, 0.5) is 0 Å². The minimum atomic E-state index is -0.379. The molecular formula is C15H22N2O4. The number of rotatable bonds is 7. The van der Waals surface area contributed by atoms with Gasteiger partial charge in [-0.05, 0) is 45.0 Å². The van der Waals surface area contributed by atoms with Crippen molar-refractivity contribution in [3.63, 3.8) is 0 Å². The van der Waals surface area contributed by atoms with Gasteiger partial charge in [0.2, 0.25) is 5.91 Å². The first-order valence-corrected chi connectivity index (χ1v) is 6.96. The number of carbonyl (C=O) groups is 2. The third-order valence-corrected chi connectivity index (χ3v) is 2.48. The number of ether oxygens (including phenoxy) is 2. The Kier molecular flexibility index (Phi) is 7.25. The molecule has 6 heteroatoms. The molecule has 0 atom stereocenters. The number of nitrogens with one attached hydrogen (secondary N) is 2. The van der Waals surface area contributed by atoms with E-state index in [0.717, 1.165) is 0 Å². The topological polar surface area (TPSA) is 76.7 Å². The third-order valence-electron chi connectivity index (χ3n) is 2.48. The highest BCUT2D eigenvalue weighted by Crippen LogP contribution is 2.13. The number of amides is 2. The second-order valence-corrected chi connectivity index (χ2v) is 4.64. The van der Waals surface area contributed by atoms with Crippen LogP contribution in [0.5, 0.6) is 5.75 Å². The average molecular weight is 294 g/mol. The summed E-state index contributed by atoms with van der Waals surface area (Å²) >= 11 is 0. The molecule has 0 fully saturated rings. The molecule has 1 aromatic carbocycles. The molecule has 0 aliphatic heterocycles. The Morgan fingerprint density at radius 2 is 1.81 bits per heavy atom. The summed E-state index contributed by atoms with van der Waals surface area (Å²) in [6.07, 6.45) is 0.282. The molecule has 6 nitrogen and oxygen atoms in total. The van der Waals surface area contributed by atoms with E-state index < -0.39 is 0 Å². The minimum Gasteiger partial charge on any atom is -0.491 e. The summed E-state index contributed by atoms with van der Waals surface area (Å²) in [5, 5.41) is 0. The Hall–Kier alpha value is -2.08. The molecule has 0 aromatic heterocycles. The highest BCUT2D eigenvalue weighted by atomic mass is 16.5. The molecule has 116 valence electrons. The van der Waals surface area contributed by atoms with Crippen LogP contribution in [0.3, 0.4) is 0 Å². The van der Waals surface area contributed by atoms with Crippen LogP contribution < -0.4 is 15.6 Å². The summed E-state index contributed by atoms with van der Waals surface area (Å²) in [5.41, 5.74) is 5.13. The molecule has 2 N–H and O–H groups in total. The van der Waals surface area contributed by atoms with Crippen LogP contribution in [0.25, 0.3) is 0 Å². The van der Waals surface area contributed by atoms with Crippen molar-refractivity contribution in [2.45, 2.75) is 33.3 Å². The van der Waals surface area contributed by atoms with Gasteiger partial charge in [0.05, 0.1) is 19.1 Å². The lowest BCUT2D eigenvalue weighted by molar-refractivity contribution is -0.122. The lowest BCUT2D eigenvalue weighted by Crippen LogP contribution is -2.41. The largest absolute Gasteiger partial charge is 0.491 e. The molecule has 0 saturated heterocycles. The fourth-order valence-electron chi connectivity index (χ4n) is 1.53. The van der Waals surface area contributed by atoms with Crippen LogP contribution in [0.2, 0.25) is 0 Å². The minimum absolute atomic E-state index is 0.0781. The molecule has 0 radical (unpaired) electrons. The second-order valence-electron chi connectivity index (χ2n) is 4.64. The number of hydrogen-bond donors (Lipinski definition) is 2. The van der Waals surface area contributed by atoms with Crippen molar-refractivity contribution >= 4 is 11.8 Å². The average Bonchev–Trinajstić information content (AvgIpc) is 2.45. The molecule has 21 heavy (non-hydrogen) atoms. The first-order valence-electron chi connectivity index (χ1n) is 6.96. The zero-order chi connectivity index (χ0) is 15.7. The van der Waals surface area contributed by atoms with E-state index in [1.807, 2.05) is 20.8 Å². The van der Waals surface area contributed by atoms with Gasteiger partial charge in [-0.1, -0.05) is 0 Å². The predicted octanol–water partition coefficient (Wildman–Crippen LogP) is 1.66. The highest BCUT2D eigenvalue weighted by molar-refractivity contribution is 5.95. The predicted molar refractivity (Wildman–Crippen MR) is 78.9 cm³/mol. The van der Waals surface area contributed by atoms with Crippen molar-refractivity contribution in [3.8, 4) is 5.75 Å². The van der Waals surface area contributed by atoms with Gasteiger partial charge in [0.15, 0.2) is 0 Å². The maximum absolute atomic E-state index is 11.8. The molecule has 0 unspecified atom stereocenters. The smallest absolute Gasteiger partial charge is 0.269 e. The van der Waals surface area contributed by atoms with Gasteiger partial charge in [0, 0.05) is 12.2 Å². The number of carbonyl (C=O) groups excluding carboxylic acids is 2. The monoisotopic (exact) mass is 294 g/mol. The molecule has 0 bridgehead atoms. The van der Waals surface area contributed by atoms with Gasteiger partial charge in [0.25, 0.3) is 5.91 Å². The van der Waals surface area contributed by atoms with E-state index in [1.165, 1.54) is 0 Å². The van der Waals surface area contributed by atoms with Crippen LogP contribution in [0.15, 0.2) is 24.3 Å². The van der Waals surface area contributed by atoms with Gasteiger partial charge < -0.3 is 9.47 Å². The summed E-state index contributed by atoms with van der Waals surface area (Å²) in [6, 6.07) is 6.70. The normalized spacial score (nSPS) is 10.3. The van der Waals surface area contributed by atoms with Crippen molar-refractivity contribution in [3.05, 3.63) is 29.8 Å². The van der Waals surface area contributed by atoms with E-state index in [-0.39, 0.29) is 24.3 Å². The van der Waals surface area contributed by atoms with Gasteiger partial charge >= 0.3 is 0 Å². The zero-order valence-corrected chi connectivity index (χ0v) is 12.6. The molecule has 1 aromatic rings. The Balaban J connectivity index is 2.39. The molecule has 0 aliphatic carbocycles. The van der Waals surface area contributed by atoms with E-state index >= 15 is 0 Å². The van der Waals surface area contributed by atoms with Gasteiger partial charge in [0.1, 0.15) is 5.75 Å². The number of hydrogen-bond acceptors (Lipinski definition) is 4. The standard InChI is InChI=1S/C15H22N2O4/c1-4-20-10-9-14(18)16-17-15(19)12-5-7-13(8-6-12)21-11(2)3/h5-8,11H,4,9-10H2,1-3H3,(H,16,18)(H,17,19). The summed E-state index contributed by atoms with van der Waals surface area (Å²) in [7, 11) is 0. The summed E-state index contributed by atoms with van der Waals surface area (Å²) < 4.78 is 10.5. The molecule has 0 spiro atoms. The highest BCUT2D eigenvalue weighted by Gasteiger charge is 2.07. The number of hydrazine groups is 1. The molecule has 0 heterocycles. The Morgan fingerprint density at radius 3 is 2.38 bits per heavy atom. The summed E-state index contributed by atoms with van der Waals surface area (Å²) in [6.45, 7) is 6.60. The van der Waals surface area contributed by atoms with E-state index in [2.05, 4.69) is 10.9 Å². The molecule has 0 aliphatic rings. The van der Waals surface area contributed by atoms with E-state index in [0.29, 0.717) is 24.5 Å². The molecule has 0 saturated carbocycles. The van der Waals surface area contributed by atoms with Crippen molar-refractivity contribution in [1.82, 2.24) is 10.9 Å². The summed E-state index contributed by atoms with van der Waals surface area (Å²) in [5.74, 6) is 0.0229. The maximum atomic E-state index is 11.8. The second kappa shape index (κ2) is 8.97. The van der Waals surface area contributed by atoms with E-state index in [1.54, 1.807) is 24.3 Å². The van der Waals surface area contributed by atoms with E-state index in [4.69, 9.17) is 9.47 Å². The lowest BCUT2D eigenvalue weighted by atomic mass is 10.2. The van der Waals surface area contributed by atoms with E-state index in [9.17, 15) is 9.59 Å². The van der Waals surface area contributed by atoms with Crippen LogP contribution in [0, 0.1) is 0 Å². The first-order chi connectivity index (χ1) is 10.0. The summed E-state index contributed by atoms with van der Waals surface area (Å²) in [4.78, 5) is 23.2. The van der Waals surface area contributed by atoms with Gasteiger partial charge in [-0.25, -0.2) is 0 Å². The van der Waals surface area contributed by atoms with Crippen molar-refractivity contribution in [1.29, 1.82) is 0 Å². The van der Waals surface area contributed by atoms with Crippen LogP contribution in [-0.4, -0.2) is 31.1 Å². The number of benzene rings is 1. The molecule has 2 amide bonds. The van der Waals surface area contributed by atoms with Crippen molar-refractivity contribution in [2.75, 3.05) is 13.2 Å². The fourth-order valence-corrected chi connectivity index (χ4v) is 1.53. The Labute approximate surface area is 124 Å². The fraction of sp³-hybridized carbons (Fsp3) is 0.467. The Bertz CT molecular complexity index is 457. The molecular weight excluding hydrogens is 272 g/mol. The maximum Gasteiger partial charge on any atom is 0.269 e. The lowest BCUT2D eigenvalue weighted by Gasteiger charge is -2.10. The van der Waals surface area contributed by atoms with Gasteiger partial charge in [-0.15, -0.1) is 0 Å². The van der Waals surface area contributed by atoms with Crippen molar-refractivity contribution < 1.29 is 19.1 Å². The SMILES string of the molecule is CCOCCC(=O)NNC(=O)c1ccc(OC(C)C)cc1. The van der Waals surface area contributed by atoms with Gasteiger partial charge in [-0.3, -0.25) is 20.4 Å². The van der Waals surface area contributed by atoms with Gasteiger partial charge in [-0.2, -0.15) is 0 Å². The zero-order valence-electron chi connectivity index (χ0n) is 12.6. The quantitative estimate of drug-likeness (QED) is 0.592. The van der Waals surface area contributed by atoms with Crippen molar-refractivity contribution in [2.24, 2.45) is 0 Å². The Morgan fingerprint density at radius 1 is 1.14 bits per heavy atom. The first kappa shape index (κ1) is 17.0. The van der Waals surface area contributed by atoms with Crippen LogP contribution in [-0.2, 0) is 9.53 Å². The molecule has 1 rings (SSSR count).